The van der Waals surface area contributed by atoms with Crippen LogP contribution in [-0.2, 0) is 0 Å². The van der Waals surface area contributed by atoms with Crippen LogP contribution in [0.5, 0.6) is 5.75 Å². The minimum Gasteiger partial charge on any atom is -0.506 e. The fourth-order valence-corrected chi connectivity index (χ4v) is 1.89. The number of benzene rings is 2. The highest BCUT2D eigenvalue weighted by atomic mass is 32.1. The number of phenols is 1. The molecular formula is C15H13NO2S. The number of anilines is 1. The van der Waals surface area contributed by atoms with Crippen molar-refractivity contribution in [2.45, 2.75) is 6.42 Å². The Kier molecular flexibility index (Phi) is 4.26. The van der Waals surface area contributed by atoms with Gasteiger partial charge in [0.05, 0.1) is 17.1 Å². The summed E-state index contributed by atoms with van der Waals surface area (Å²) >= 11 is 5.13. The van der Waals surface area contributed by atoms with Gasteiger partial charge in [0.25, 0.3) is 0 Å². The number of phenolic OH excluding ortho intramolecular Hbond substituents is 1. The molecule has 0 radical (unpaired) electrons. The Balaban J connectivity index is 1.99. The van der Waals surface area contributed by atoms with Crippen LogP contribution in [-0.4, -0.2) is 15.9 Å². The molecule has 0 fully saturated rings. The van der Waals surface area contributed by atoms with E-state index in [1.165, 1.54) is 0 Å². The van der Waals surface area contributed by atoms with Gasteiger partial charge in [-0.2, -0.15) is 0 Å². The summed E-state index contributed by atoms with van der Waals surface area (Å²) in [5, 5.41) is 12.5. The lowest BCUT2D eigenvalue weighted by molar-refractivity contribution is 0.100. The molecule has 0 amide bonds. The predicted molar refractivity (Wildman–Crippen MR) is 79.7 cm³/mol. The Bertz CT molecular complexity index is 596. The highest BCUT2D eigenvalue weighted by Crippen LogP contribution is 2.22. The third kappa shape index (κ3) is 3.63. The molecule has 2 aromatic rings. The van der Waals surface area contributed by atoms with E-state index in [1.54, 1.807) is 36.4 Å². The third-order valence-electron chi connectivity index (χ3n) is 2.60. The van der Waals surface area contributed by atoms with Gasteiger partial charge in [-0.1, -0.05) is 54.7 Å². The van der Waals surface area contributed by atoms with Crippen molar-refractivity contribution < 1.29 is 9.90 Å². The van der Waals surface area contributed by atoms with Crippen molar-refractivity contribution in [3.8, 4) is 5.75 Å². The minimum absolute atomic E-state index is 0.0477. The number of thiocarbonyl (C=S) groups is 1. The normalized spacial score (nSPS) is 9.89. The van der Waals surface area contributed by atoms with Gasteiger partial charge in [-0.05, 0) is 12.1 Å². The number of para-hydroxylation sites is 2. The Morgan fingerprint density at radius 2 is 1.68 bits per heavy atom. The van der Waals surface area contributed by atoms with Crippen LogP contribution in [0.1, 0.15) is 16.8 Å². The topological polar surface area (TPSA) is 49.3 Å². The average molecular weight is 271 g/mol. The lowest BCUT2D eigenvalue weighted by Gasteiger charge is -2.08. The van der Waals surface area contributed by atoms with Crippen LogP contribution in [0.15, 0.2) is 54.6 Å². The van der Waals surface area contributed by atoms with Crippen LogP contribution in [0.2, 0.25) is 0 Å². The maximum atomic E-state index is 11.9. The molecule has 4 heteroatoms. The summed E-state index contributed by atoms with van der Waals surface area (Å²) in [6.07, 6.45) is 0.119. The lowest BCUT2D eigenvalue weighted by atomic mass is 10.1. The van der Waals surface area contributed by atoms with Gasteiger partial charge in [0.1, 0.15) is 5.75 Å². The van der Waals surface area contributed by atoms with E-state index >= 15 is 0 Å². The number of nitrogens with one attached hydrogen (secondary N) is 1. The van der Waals surface area contributed by atoms with E-state index in [1.807, 2.05) is 18.2 Å². The van der Waals surface area contributed by atoms with Gasteiger partial charge in [-0.25, -0.2) is 0 Å². The van der Waals surface area contributed by atoms with Crippen LogP contribution in [0.3, 0.4) is 0 Å². The molecule has 0 saturated carbocycles. The number of carbonyl (C=O) groups excluding carboxylic acids is 1. The van der Waals surface area contributed by atoms with Crippen LogP contribution < -0.4 is 5.32 Å². The van der Waals surface area contributed by atoms with Gasteiger partial charge in [0, 0.05) is 5.56 Å². The van der Waals surface area contributed by atoms with Crippen molar-refractivity contribution in [2.75, 3.05) is 5.32 Å². The molecule has 0 heterocycles. The number of Topliss-reactive ketones (excluding diaryl/α,β-unsaturated/α-hetero) is 1. The molecule has 0 saturated heterocycles. The zero-order valence-corrected chi connectivity index (χ0v) is 11.0. The second-order valence-corrected chi connectivity index (χ2v) is 4.52. The average Bonchev–Trinajstić information content (AvgIpc) is 2.42. The molecule has 3 nitrogen and oxygen atoms in total. The second kappa shape index (κ2) is 6.11. The van der Waals surface area contributed by atoms with E-state index in [9.17, 15) is 9.90 Å². The van der Waals surface area contributed by atoms with E-state index in [0.717, 1.165) is 0 Å². The first kappa shape index (κ1) is 13.2. The minimum atomic E-state index is -0.0477. The van der Waals surface area contributed by atoms with Crippen molar-refractivity contribution in [1.29, 1.82) is 0 Å². The summed E-state index contributed by atoms with van der Waals surface area (Å²) < 4.78 is 0. The molecule has 0 aromatic heterocycles. The van der Waals surface area contributed by atoms with Gasteiger partial charge in [0.15, 0.2) is 5.78 Å². The summed E-state index contributed by atoms with van der Waals surface area (Å²) in [6, 6.07) is 15.8. The number of ketones is 1. The molecule has 2 aromatic carbocycles. The maximum absolute atomic E-state index is 11.9. The van der Waals surface area contributed by atoms with Crippen LogP contribution >= 0.6 is 12.2 Å². The van der Waals surface area contributed by atoms with Crippen molar-refractivity contribution >= 4 is 28.7 Å². The summed E-state index contributed by atoms with van der Waals surface area (Å²) in [5.74, 6) is 0.0607. The standard InChI is InChI=1S/C15H13NO2S/c17-13-9-5-4-8-12(13)16-15(19)10-14(18)11-6-2-1-3-7-11/h1-9,17H,10H2,(H,16,19). The van der Waals surface area contributed by atoms with E-state index in [2.05, 4.69) is 5.32 Å². The first-order valence-electron chi connectivity index (χ1n) is 5.83. The molecule has 0 bridgehead atoms. The number of carbonyl (C=O) groups is 1. The van der Waals surface area contributed by atoms with Gasteiger partial charge >= 0.3 is 0 Å². The van der Waals surface area contributed by atoms with E-state index in [-0.39, 0.29) is 18.0 Å². The smallest absolute Gasteiger partial charge is 0.169 e. The van der Waals surface area contributed by atoms with E-state index in [4.69, 9.17) is 12.2 Å². The monoisotopic (exact) mass is 271 g/mol. The molecule has 0 aliphatic rings. The Labute approximate surface area is 116 Å². The largest absolute Gasteiger partial charge is 0.506 e. The van der Waals surface area contributed by atoms with Crippen molar-refractivity contribution in [1.82, 2.24) is 0 Å². The van der Waals surface area contributed by atoms with Crippen LogP contribution in [0, 0.1) is 0 Å². The Morgan fingerprint density at radius 3 is 2.37 bits per heavy atom. The second-order valence-electron chi connectivity index (χ2n) is 4.03. The molecule has 0 aliphatic heterocycles. The predicted octanol–water partition coefficient (Wildman–Crippen LogP) is 3.40. The summed E-state index contributed by atoms with van der Waals surface area (Å²) in [7, 11) is 0. The molecule has 96 valence electrons. The van der Waals surface area contributed by atoms with Gasteiger partial charge < -0.3 is 10.4 Å². The zero-order valence-electron chi connectivity index (χ0n) is 10.2. The van der Waals surface area contributed by atoms with Gasteiger partial charge in [-0.3, -0.25) is 4.79 Å². The SMILES string of the molecule is O=C(CC(=S)Nc1ccccc1O)c1ccccc1. The van der Waals surface area contributed by atoms with Crippen LogP contribution in [0.4, 0.5) is 5.69 Å². The van der Waals surface area contributed by atoms with E-state index < -0.39 is 0 Å². The lowest BCUT2D eigenvalue weighted by Crippen LogP contribution is -2.14. The summed E-state index contributed by atoms with van der Waals surface area (Å²) in [5.41, 5.74) is 1.14. The van der Waals surface area contributed by atoms with E-state index in [0.29, 0.717) is 16.2 Å². The molecule has 2 rings (SSSR count). The number of aromatic hydroxyl groups is 1. The number of hydrogen-bond acceptors (Lipinski definition) is 3. The van der Waals surface area contributed by atoms with Crippen molar-refractivity contribution in [2.24, 2.45) is 0 Å². The molecule has 19 heavy (non-hydrogen) atoms. The molecular weight excluding hydrogens is 258 g/mol. The highest BCUT2D eigenvalue weighted by molar-refractivity contribution is 7.80. The fraction of sp³-hybridized carbons (Fsp3) is 0.0667. The first-order valence-corrected chi connectivity index (χ1v) is 6.24. The van der Waals surface area contributed by atoms with Crippen LogP contribution in [0.25, 0.3) is 0 Å². The fourth-order valence-electron chi connectivity index (χ4n) is 1.65. The molecule has 0 atom stereocenters. The molecule has 0 unspecified atom stereocenters. The van der Waals surface area contributed by atoms with Crippen molar-refractivity contribution in [3.63, 3.8) is 0 Å². The summed E-state index contributed by atoms with van der Waals surface area (Å²) in [6.45, 7) is 0. The quantitative estimate of drug-likeness (QED) is 0.508. The Hall–Kier alpha value is -2.20. The van der Waals surface area contributed by atoms with Crippen molar-refractivity contribution in [3.05, 3.63) is 60.2 Å². The Morgan fingerprint density at radius 1 is 1.05 bits per heavy atom. The molecule has 0 aliphatic carbocycles. The van der Waals surface area contributed by atoms with Gasteiger partial charge in [-0.15, -0.1) is 0 Å². The summed E-state index contributed by atoms with van der Waals surface area (Å²) in [4.78, 5) is 12.3. The molecule has 0 spiro atoms. The zero-order chi connectivity index (χ0) is 13.7. The third-order valence-corrected chi connectivity index (χ3v) is 2.84. The highest BCUT2D eigenvalue weighted by Gasteiger charge is 2.09. The molecule has 2 N–H and O–H groups in total. The van der Waals surface area contributed by atoms with Gasteiger partial charge in [0.2, 0.25) is 0 Å². The number of hydrogen-bond donors (Lipinski definition) is 2. The maximum Gasteiger partial charge on any atom is 0.169 e. The number of rotatable bonds is 4. The first-order chi connectivity index (χ1) is 9.16.